The highest BCUT2D eigenvalue weighted by Crippen LogP contribution is 2.09. The first-order chi connectivity index (χ1) is 11.6. The zero-order valence-corrected chi connectivity index (χ0v) is 12.8. The van der Waals surface area contributed by atoms with Crippen molar-refractivity contribution in [3.05, 3.63) is 77.0 Å². The van der Waals surface area contributed by atoms with Crippen LogP contribution in [0, 0.1) is 0 Å². The first kappa shape index (κ1) is 15.5. The van der Waals surface area contributed by atoms with E-state index in [-0.39, 0.29) is 5.91 Å². The molecule has 0 radical (unpaired) electrons. The third-order valence-electron chi connectivity index (χ3n) is 3.47. The lowest BCUT2D eigenvalue weighted by Gasteiger charge is -2.01. The van der Waals surface area contributed by atoms with Crippen LogP contribution >= 0.6 is 0 Å². The average molecular weight is 320 g/mol. The lowest BCUT2D eigenvalue weighted by Crippen LogP contribution is -2.25. The third-order valence-corrected chi connectivity index (χ3v) is 3.47. The van der Waals surface area contributed by atoms with Gasteiger partial charge >= 0.3 is 0 Å². The molecule has 0 spiro atoms. The molecule has 1 fully saturated rings. The van der Waals surface area contributed by atoms with Gasteiger partial charge in [0.05, 0.1) is 6.54 Å². The van der Waals surface area contributed by atoms with Crippen LogP contribution in [0.3, 0.4) is 0 Å². The van der Waals surface area contributed by atoms with Crippen molar-refractivity contribution >= 4 is 23.8 Å². The molecule has 4 N–H and O–H groups in total. The number of rotatable bonds is 4. The number of aliphatic imine (C=N–C) groups is 1. The minimum absolute atomic E-state index is 0.233. The van der Waals surface area contributed by atoms with Crippen molar-refractivity contribution in [2.45, 2.75) is 6.54 Å². The van der Waals surface area contributed by atoms with Crippen LogP contribution in [-0.2, 0) is 11.3 Å². The zero-order chi connectivity index (χ0) is 16.9. The summed E-state index contributed by atoms with van der Waals surface area (Å²) in [6.45, 7) is 0.322. The highest BCUT2D eigenvalue weighted by Gasteiger charge is 2.21. The first-order valence-corrected chi connectivity index (χ1v) is 7.40. The lowest BCUT2D eigenvalue weighted by molar-refractivity contribution is -0.115. The Labute approximate surface area is 139 Å². The van der Waals surface area contributed by atoms with Gasteiger partial charge < -0.3 is 11.1 Å². The molecule has 0 aromatic heterocycles. The van der Waals surface area contributed by atoms with Gasteiger partial charge in [0.2, 0.25) is 11.9 Å². The number of hydrogen-bond donors (Lipinski definition) is 3. The van der Waals surface area contributed by atoms with E-state index in [9.17, 15) is 9.59 Å². The molecule has 0 aliphatic carbocycles. The largest absolute Gasteiger partial charge is 0.366 e. The molecule has 0 unspecified atom stereocenters. The van der Waals surface area contributed by atoms with Crippen molar-refractivity contribution in [2.24, 2.45) is 10.7 Å². The molecule has 2 aromatic rings. The first-order valence-electron chi connectivity index (χ1n) is 7.40. The van der Waals surface area contributed by atoms with Crippen molar-refractivity contribution in [2.75, 3.05) is 0 Å². The molecule has 1 saturated heterocycles. The number of nitrogens with two attached hydrogens (primary N) is 1. The second-order valence-corrected chi connectivity index (χ2v) is 5.28. The van der Waals surface area contributed by atoms with Crippen molar-refractivity contribution in [1.29, 1.82) is 0 Å². The molecule has 3 rings (SSSR count). The summed E-state index contributed by atoms with van der Waals surface area (Å²) in [4.78, 5) is 27.5. The highest BCUT2D eigenvalue weighted by atomic mass is 16.2. The second kappa shape index (κ2) is 6.78. The summed E-state index contributed by atoms with van der Waals surface area (Å²) < 4.78 is 0. The molecular weight excluding hydrogens is 304 g/mol. The Bertz CT molecular complexity index is 841. The van der Waals surface area contributed by atoms with E-state index in [4.69, 9.17) is 5.73 Å². The number of nitrogens with zero attached hydrogens (tertiary/aromatic N) is 1. The molecule has 0 saturated carbocycles. The van der Waals surface area contributed by atoms with Crippen molar-refractivity contribution < 1.29 is 9.59 Å². The Hall–Kier alpha value is -3.41. The number of carbonyl (C=O) groups excluding carboxylic acids is 2. The third kappa shape index (κ3) is 3.67. The van der Waals surface area contributed by atoms with Gasteiger partial charge in [-0.25, -0.2) is 4.99 Å². The smallest absolute Gasteiger partial charge is 0.274 e. The van der Waals surface area contributed by atoms with Crippen molar-refractivity contribution in [3.63, 3.8) is 0 Å². The molecule has 6 heteroatoms. The SMILES string of the molecule is NC(=O)c1cccc(CN=C2NC(=O)/C(=C\c3ccccc3)N2)c1. The van der Waals surface area contributed by atoms with Crippen LogP contribution in [0.15, 0.2) is 65.3 Å². The van der Waals surface area contributed by atoms with Crippen LogP contribution in [0.2, 0.25) is 0 Å². The van der Waals surface area contributed by atoms with Crippen LogP contribution in [0.25, 0.3) is 6.08 Å². The van der Waals surface area contributed by atoms with Crippen LogP contribution in [-0.4, -0.2) is 17.8 Å². The van der Waals surface area contributed by atoms with E-state index in [2.05, 4.69) is 15.6 Å². The number of hydrogen-bond acceptors (Lipinski definition) is 3. The van der Waals surface area contributed by atoms with Gasteiger partial charge in [0.25, 0.3) is 5.91 Å². The van der Waals surface area contributed by atoms with Gasteiger partial charge in [-0.1, -0.05) is 42.5 Å². The molecule has 120 valence electrons. The van der Waals surface area contributed by atoms with E-state index >= 15 is 0 Å². The fraction of sp³-hybridized carbons (Fsp3) is 0.0556. The van der Waals surface area contributed by atoms with Crippen LogP contribution in [0.1, 0.15) is 21.5 Å². The van der Waals surface area contributed by atoms with Crippen molar-refractivity contribution in [3.8, 4) is 0 Å². The molecule has 1 aliphatic heterocycles. The van der Waals surface area contributed by atoms with E-state index in [1.165, 1.54) is 0 Å². The number of nitrogens with one attached hydrogen (secondary N) is 2. The van der Waals surface area contributed by atoms with Gasteiger partial charge in [0.15, 0.2) is 0 Å². The maximum atomic E-state index is 12.0. The molecule has 0 bridgehead atoms. The van der Waals surface area contributed by atoms with Crippen LogP contribution in [0.4, 0.5) is 0 Å². The minimum Gasteiger partial charge on any atom is -0.366 e. The summed E-state index contributed by atoms with van der Waals surface area (Å²) in [5.74, 6) is -0.333. The summed E-state index contributed by atoms with van der Waals surface area (Å²) in [6, 6.07) is 16.5. The fourth-order valence-electron chi connectivity index (χ4n) is 2.28. The molecule has 1 aliphatic rings. The average Bonchev–Trinajstić information content (AvgIpc) is 2.94. The lowest BCUT2D eigenvalue weighted by atomic mass is 10.1. The van der Waals surface area contributed by atoms with E-state index < -0.39 is 5.91 Å². The van der Waals surface area contributed by atoms with Crippen LogP contribution < -0.4 is 16.4 Å². The zero-order valence-electron chi connectivity index (χ0n) is 12.8. The molecule has 2 aromatic carbocycles. The molecule has 2 amide bonds. The Balaban J connectivity index is 1.72. The maximum Gasteiger partial charge on any atom is 0.274 e. The van der Waals surface area contributed by atoms with Gasteiger partial charge in [-0.2, -0.15) is 0 Å². The highest BCUT2D eigenvalue weighted by molar-refractivity contribution is 6.15. The number of carbonyl (C=O) groups is 2. The Morgan fingerprint density at radius 1 is 1.08 bits per heavy atom. The van der Waals surface area contributed by atoms with E-state index in [1.54, 1.807) is 24.3 Å². The maximum absolute atomic E-state index is 12.0. The quantitative estimate of drug-likeness (QED) is 0.743. The Morgan fingerprint density at radius 2 is 1.88 bits per heavy atom. The molecule has 6 nitrogen and oxygen atoms in total. The topological polar surface area (TPSA) is 96.6 Å². The predicted octanol–water partition coefficient (Wildman–Crippen LogP) is 1.40. The summed E-state index contributed by atoms with van der Waals surface area (Å²) in [5, 5.41) is 5.63. The van der Waals surface area contributed by atoms with Gasteiger partial charge in [-0.05, 0) is 29.3 Å². The summed E-state index contributed by atoms with van der Waals surface area (Å²) in [6.07, 6.45) is 1.76. The molecular formula is C18H16N4O2. The van der Waals surface area contributed by atoms with Gasteiger partial charge in [-0.3, -0.25) is 14.9 Å². The number of guanidine groups is 1. The van der Waals surface area contributed by atoms with Gasteiger partial charge in [0.1, 0.15) is 5.70 Å². The standard InChI is InChI=1S/C18H16N4O2/c19-16(23)14-8-4-7-13(9-14)11-20-18-21-15(17(24)22-18)10-12-5-2-1-3-6-12/h1-10H,11H2,(H2,19,23)(H2,20,21,22,24)/b15-10+. The molecule has 0 atom stereocenters. The van der Waals surface area contributed by atoms with E-state index in [0.29, 0.717) is 23.8 Å². The summed E-state index contributed by atoms with van der Waals surface area (Å²) in [5.41, 5.74) is 7.88. The minimum atomic E-state index is -0.482. The summed E-state index contributed by atoms with van der Waals surface area (Å²) >= 11 is 0. The van der Waals surface area contributed by atoms with E-state index in [0.717, 1.165) is 11.1 Å². The molecule has 1 heterocycles. The van der Waals surface area contributed by atoms with E-state index in [1.807, 2.05) is 36.4 Å². The van der Waals surface area contributed by atoms with Crippen LogP contribution in [0.5, 0.6) is 0 Å². The van der Waals surface area contributed by atoms with Crippen molar-refractivity contribution in [1.82, 2.24) is 10.6 Å². The summed E-state index contributed by atoms with van der Waals surface area (Å²) in [7, 11) is 0. The number of benzene rings is 2. The normalized spacial score (nSPS) is 16.9. The Morgan fingerprint density at radius 3 is 2.62 bits per heavy atom. The Kier molecular flexibility index (Phi) is 4.38. The fourth-order valence-corrected chi connectivity index (χ4v) is 2.28. The predicted molar refractivity (Wildman–Crippen MR) is 91.8 cm³/mol. The number of amides is 2. The molecule has 24 heavy (non-hydrogen) atoms. The monoisotopic (exact) mass is 320 g/mol. The second-order valence-electron chi connectivity index (χ2n) is 5.28. The van der Waals surface area contributed by atoms with Gasteiger partial charge in [-0.15, -0.1) is 0 Å². The number of primary amides is 1. The van der Waals surface area contributed by atoms with Gasteiger partial charge in [0, 0.05) is 5.56 Å².